The number of carbonyl (C=O) groups excluding carboxylic acids is 1. The van der Waals surface area contributed by atoms with E-state index in [1.54, 1.807) is 32.0 Å². The van der Waals surface area contributed by atoms with Crippen molar-refractivity contribution in [3.63, 3.8) is 0 Å². The van der Waals surface area contributed by atoms with Crippen LogP contribution in [0.5, 0.6) is 0 Å². The van der Waals surface area contributed by atoms with Crippen LogP contribution in [0.25, 0.3) is 0 Å². The van der Waals surface area contributed by atoms with Crippen LogP contribution in [0.2, 0.25) is 0 Å². The maximum atomic E-state index is 12.6. The lowest BCUT2D eigenvalue weighted by Gasteiger charge is -2.09. The lowest BCUT2D eigenvalue weighted by Crippen LogP contribution is -2.16. The van der Waals surface area contributed by atoms with E-state index < -0.39 is 10.0 Å². The van der Waals surface area contributed by atoms with Crippen molar-refractivity contribution in [3.8, 4) is 0 Å². The molecule has 32 heavy (non-hydrogen) atoms. The zero-order valence-electron chi connectivity index (χ0n) is 18.5. The molecule has 3 rings (SSSR count). The Labute approximate surface area is 193 Å². The maximum absolute atomic E-state index is 12.6. The van der Waals surface area contributed by atoms with Crippen molar-refractivity contribution < 1.29 is 13.2 Å². The average molecular weight is 471 g/mol. The molecule has 1 aromatic heterocycles. The molecule has 0 aliphatic rings. The van der Waals surface area contributed by atoms with Crippen molar-refractivity contribution in [1.29, 1.82) is 0 Å². The first kappa shape index (κ1) is 23.7. The van der Waals surface area contributed by atoms with Gasteiger partial charge in [0.05, 0.1) is 10.6 Å². The Kier molecular flexibility index (Phi) is 7.52. The summed E-state index contributed by atoms with van der Waals surface area (Å²) in [5.41, 5.74) is 5.48. The van der Waals surface area contributed by atoms with Gasteiger partial charge in [-0.2, -0.15) is 0 Å². The van der Waals surface area contributed by atoms with Gasteiger partial charge in [-0.15, -0.1) is 11.8 Å². The number of rotatable bonds is 8. The van der Waals surface area contributed by atoms with Gasteiger partial charge in [0.15, 0.2) is 0 Å². The highest BCUT2D eigenvalue weighted by Crippen LogP contribution is 2.19. The summed E-state index contributed by atoms with van der Waals surface area (Å²) in [6.07, 6.45) is 0. The molecule has 9 heteroatoms. The van der Waals surface area contributed by atoms with E-state index in [9.17, 15) is 13.2 Å². The molecule has 7 nitrogen and oxygen atoms in total. The third-order valence-electron chi connectivity index (χ3n) is 4.44. The number of carbonyl (C=O) groups is 1. The van der Waals surface area contributed by atoms with Gasteiger partial charge in [-0.05, 0) is 63.6 Å². The summed E-state index contributed by atoms with van der Waals surface area (Å²) in [5.74, 6) is 0.940. The minimum Gasteiger partial charge on any atom is -0.325 e. The zero-order valence-corrected chi connectivity index (χ0v) is 20.1. The fraction of sp³-hybridized carbons (Fsp3) is 0.261. The first-order valence-corrected chi connectivity index (χ1v) is 12.6. The highest BCUT2D eigenvalue weighted by atomic mass is 32.2. The number of hydrogen-bond acceptors (Lipinski definition) is 6. The largest absolute Gasteiger partial charge is 0.325 e. The summed E-state index contributed by atoms with van der Waals surface area (Å²) in [6, 6.07) is 14.1. The molecule has 0 fully saturated rings. The van der Waals surface area contributed by atoms with Gasteiger partial charge in [-0.1, -0.05) is 29.3 Å². The number of nitrogens with one attached hydrogen (secondary N) is 2. The van der Waals surface area contributed by atoms with Crippen LogP contribution in [-0.4, -0.2) is 30.0 Å². The third-order valence-corrected chi connectivity index (χ3v) is 6.79. The molecule has 0 unspecified atom stereocenters. The molecule has 0 saturated carbocycles. The molecule has 2 aromatic carbocycles. The van der Waals surface area contributed by atoms with Gasteiger partial charge in [0.25, 0.3) is 10.0 Å². The molecule has 1 amide bonds. The second kappa shape index (κ2) is 10.1. The number of benzene rings is 2. The number of hydrogen-bond donors (Lipinski definition) is 2. The molecule has 1 heterocycles. The van der Waals surface area contributed by atoms with Gasteiger partial charge < -0.3 is 5.32 Å². The molecular weight excluding hydrogens is 444 g/mol. The lowest BCUT2D eigenvalue weighted by molar-refractivity contribution is -0.113. The van der Waals surface area contributed by atoms with Crippen LogP contribution in [-0.2, 0) is 20.6 Å². The molecule has 3 aromatic rings. The van der Waals surface area contributed by atoms with Gasteiger partial charge in [-0.3, -0.25) is 4.79 Å². The molecule has 2 N–H and O–H groups in total. The summed E-state index contributed by atoms with van der Waals surface area (Å²) in [4.78, 5) is 20.5. The Hall–Kier alpha value is -2.91. The number of anilines is 2. The number of sulfonamides is 1. The molecule has 0 aliphatic heterocycles. The van der Waals surface area contributed by atoms with Crippen molar-refractivity contribution in [1.82, 2.24) is 9.97 Å². The maximum Gasteiger partial charge on any atom is 0.264 e. The molecule has 168 valence electrons. The van der Waals surface area contributed by atoms with E-state index in [1.807, 2.05) is 0 Å². The molecule has 0 bridgehead atoms. The predicted molar refractivity (Wildman–Crippen MR) is 129 cm³/mol. The topological polar surface area (TPSA) is 101 Å². The summed E-state index contributed by atoms with van der Waals surface area (Å²) >= 11 is 1.53. The van der Waals surface area contributed by atoms with Crippen LogP contribution in [0, 0.1) is 27.7 Å². The average Bonchev–Trinajstić information content (AvgIpc) is 2.66. The Morgan fingerprint density at radius 3 is 2.09 bits per heavy atom. The standard InChI is InChI=1S/C23H26N4O3S2/c1-15-9-16(2)11-19(10-15)13-31-14-22(28)26-20-5-7-21(8-6-20)32(29,30)27-23-24-17(3)12-18(4)25-23/h5-12H,13-14H2,1-4H3,(H,26,28)(H,24,25,27). The molecule has 0 saturated heterocycles. The second-order valence-corrected chi connectivity index (χ2v) is 10.3. The van der Waals surface area contributed by atoms with Crippen molar-refractivity contribution in [3.05, 3.63) is 76.6 Å². The van der Waals surface area contributed by atoms with E-state index in [4.69, 9.17) is 0 Å². The fourth-order valence-corrected chi connectivity index (χ4v) is 4.98. The second-order valence-electron chi connectivity index (χ2n) is 7.64. The Bertz CT molecular complexity index is 1190. The van der Waals surface area contributed by atoms with Crippen LogP contribution in [0.1, 0.15) is 28.1 Å². The van der Waals surface area contributed by atoms with E-state index in [0.717, 1.165) is 5.75 Å². The van der Waals surface area contributed by atoms with Gasteiger partial charge in [0.2, 0.25) is 11.9 Å². The highest BCUT2D eigenvalue weighted by molar-refractivity contribution is 7.99. The summed E-state index contributed by atoms with van der Waals surface area (Å²) in [5, 5.41) is 2.79. The Morgan fingerprint density at radius 2 is 1.50 bits per heavy atom. The number of aromatic nitrogens is 2. The Morgan fingerprint density at radius 1 is 0.906 bits per heavy atom. The number of nitrogens with zero attached hydrogens (tertiary/aromatic N) is 2. The van der Waals surface area contributed by atoms with Gasteiger partial charge in [0.1, 0.15) is 0 Å². The van der Waals surface area contributed by atoms with E-state index in [1.165, 1.54) is 40.6 Å². The summed E-state index contributed by atoms with van der Waals surface area (Å²) in [7, 11) is -3.84. The van der Waals surface area contributed by atoms with Crippen LogP contribution >= 0.6 is 11.8 Å². The molecule has 0 atom stereocenters. The van der Waals surface area contributed by atoms with Crippen LogP contribution in [0.4, 0.5) is 11.6 Å². The molecule has 0 spiro atoms. The van der Waals surface area contributed by atoms with Crippen molar-refractivity contribution >= 4 is 39.3 Å². The van der Waals surface area contributed by atoms with Crippen molar-refractivity contribution in [2.24, 2.45) is 0 Å². The molecule has 0 aliphatic carbocycles. The minimum absolute atomic E-state index is 0.0284. The summed E-state index contributed by atoms with van der Waals surface area (Å²) < 4.78 is 27.6. The first-order chi connectivity index (χ1) is 15.1. The lowest BCUT2D eigenvalue weighted by atomic mass is 10.1. The minimum atomic E-state index is -3.84. The van der Waals surface area contributed by atoms with Crippen LogP contribution in [0.3, 0.4) is 0 Å². The van der Waals surface area contributed by atoms with Gasteiger partial charge in [0, 0.05) is 22.8 Å². The van der Waals surface area contributed by atoms with E-state index in [-0.39, 0.29) is 16.8 Å². The van der Waals surface area contributed by atoms with Gasteiger partial charge >= 0.3 is 0 Å². The van der Waals surface area contributed by atoms with E-state index in [2.05, 4.69) is 52.1 Å². The Balaban J connectivity index is 1.55. The number of amides is 1. The fourth-order valence-electron chi connectivity index (χ4n) is 3.28. The third kappa shape index (κ3) is 6.80. The monoisotopic (exact) mass is 470 g/mol. The zero-order chi connectivity index (χ0) is 23.3. The van der Waals surface area contributed by atoms with E-state index in [0.29, 0.717) is 22.8 Å². The normalized spacial score (nSPS) is 11.2. The van der Waals surface area contributed by atoms with Crippen LogP contribution < -0.4 is 10.0 Å². The predicted octanol–water partition coefficient (Wildman–Crippen LogP) is 4.38. The van der Waals surface area contributed by atoms with Crippen LogP contribution in [0.15, 0.2) is 53.4 Å². The van der Waals surface area contributed by atoms with E-state index >= 15 is 0 Å². The highest BCUT2D eigenvalue weighted by Gasteiger charge is 2.16. The van der Waals surface area contributed by atoms with Crippen molar-refractivity contribution in [2.45, 2.75) is 38.3 Å². The quantitative estimate of drug-likeness (QED) is 0.507. The number of aryl methyl sites for hydroxylation is 4. The number of thioether (sulfide) groups is 1. The summed E-state index contributed by atoms with van der Waals surface area (Å²) in [6.45, 7) is 7.65. The smallest absolute Gasteiger partial charge is 0.264 e. The SMILES string of the molecule is Cc1cc(C)cc(CSCC(=O)Nc2ccc(S(=O)(=O)Nc3nc(C)cc(C)n3)cc2)c1. The van der Waals surface area contributed by atoms with Crippen molar-refractivity contribution in [2.75, 3.05) is 15.8 Å². The molecular formula is C23H26N4O3S2. The first-order valence-electron chi connectivity index (χ1n) is 10.0. The molecule has 0 radical (unpaired) electrons. The van der Waals surface area contributed by atoms with Gasteiger partial charge in [-0.25, -0.2) is 23.1 Å².